The van der Waals surface area contributed by atoms with Crippen molar-refractivity contribution in [1.82, 2.24) is 15.1 Å². The van der Waals surface area contributed by atoms with Crippen molar-refractivity contribution >= 4 is 0 Å². The van der Waals surface area contributed by atoms with Crippen LogP contribution in [0.2, 0.25) is 0 Å². The Hall–Kier alpha value is -0.120. The molecule has 0 spiro atoms. The maximum Gasteiger partial charge on any atom is 0.0376 e. The van der Waals surface area contributed by atoms with Gasteiger partial charge in [0, 0.05) is 31.7 Å². The Balaban J connectivity index is 2.03. The van der Waals surface area contributed by atoms with E-state index in [1.165, 1.54) is 71.1 Å². The van der Waals surface area contributed by atoms with Crippen LogP contribution < -0.4 is 5.32 Å². The monoisotopic (exact) mass is 281 g/mol. The summed E-state index contributed by atoms with van der Waals surface area (Å²) < 4.78 is 0. The zero-order chi connectivity index (χ0) is 14.4. The number of rotatable bonds is 5. The van der Waals surface area contributed by atoms with Crippen molar-refractivity contribution in [3.8, 4) is 0 Å². The van der Waals surface area contributed by atoms with Crippen molar-refractivity contribution in [2.45, 2.75) is 64.0 Å². The van der Waals surface area contributed by atoms with Gasteiger partial charge in [-0.05, 0) is 45.8 Å². The average molecular weight is 281 g/mol. The van der Waals surface area contributed by atoms with Gasteiger partial charge in [-0.15, -0.1) is 0 Å². The molecule has 1 aliphatic carbocycles. The van der Waals surface area contributed by atoms with Gasteiger partial charge in [0.05, 0.1) is 0 Å². The molecule has 0 bridgehead atoms. The van der Waals surface area contributed by atoms with E-state index >= 15 is 0 Å². The van der Waals surface area contributed by atoms with Crippen LogP contribution in [0.15, 0.2) is 0 Å². The minimum absolute atomic E-state index is 0.695. The standard InChI is InChI=1S/C17H35N3/c1-4-11-18-17(15-9-7-5-6-8-10-15)16-14-19(2)12-13-20(16)3/h15-18H,4-14H2,1-3H3. The molecule has 1 heterocycles. The quantitative estimate of drug-likeness (QED) is 0.781. The van der Waals surface area contributed by atoms with E-state index in [1.807, 2.05) is 0 Å². The molecule has 0 amide bonds. The predicted octanol–water partition coefficient (Wildman–Crippen LogP) is 2.57. The third kappa shape index (κ3) is 4.44. The van der Waals surface area contributed by atoms with Crippen LogP contribution >= 0.6 is 0 Å². The minimum atomic E-state index is 0.695. The van der Waals surface area contributed by atoms with E-state index in [4.69, 9.17) is 0 Å². The van der Waals surface area contributed by atoms with Crippen molar-refractivity contribution in [2.24, 2.45) is 5.92 Å². The van der Waals surface area contributed by atoms with Gasteiger partial charge in [0.25, 0.3) is 0 Å². The Kier molecular flexibility index (Phi) is 6.79. The SMILES string of the molecule is CCCNC(C1CCCCCC1)C1CN(C)CCN1C. The maximum absolute atomic E-state index is 3.92. The lowest BCUT2D eigenvalue weighted by Crippen LogP contribution is -2.60. The first kappa shape index (κ1) is 16.3. The van der Waals surface area contributed by atoms with Gasteiger partial charge in [0.1, 0.15) is 0 Å². The fraction of sp³-hybridized carbons (Fsp3) is 1.00. The van der Waals surface area contributed by atoms with Crippen LogP contribution in [-0.4, -0.2) is 62.2 Å². The van der Waals surface area contributed by atoms with Gasteiger partial charge in [0.2, 0.25) is 0 Å². The second-order valence-electron chi connectivity index (χ2n) is 7.04. The van der Waals surface area contributed by atoms with E-state index < -0.39 is 0 Å². The van der Waals surface area contributed by atoms with Gasteiger partial charge < -0.3 is 10.2 Å². The Morgan fingerprint density at radius 3 is 2.40 bits per heavy atom. The van der Waals surface area contributed by atoms with Gasteiger partial charge in [-0.3, -0.25) is 4.90 Å². The summed E-state index contributed by atoms with van der Waals surface area (Å²) in [6.07, 6.45) is 9.93. The molecule has 1 saturated heterocycles. The van der Waals surface area contributed by atoms with Crippen LogP contribution in [0.1, 0.15) is 51.9 Å². The smallest absolute Gasteiger partial charge is 0.0376 e. The average Bonchev–Trinajstić information content (AvgIpc) is 2.72. The molecule has 20 heavy (non-hydrogen) atoms. The first-order valence-corrected chi connectivity index (χ1v) is 8.84. The molecule has 2 atom stereocenters. The summed E-state index contributed by atoms with van der Waals surface area (Å²) in [5, 5.41) is 3.92. The molecule has 0 aromatic rings. The highest BCUT2D eigenvalue weighted by Crippen LogP contribution is 2.29. The second kappa shape index (κ2) is 8.35. The molecule has 2 fully saturated rings. The zero-order valence-electron chi connectivity index (χ0n) is 13.9. The number of likely N-dealkylation sites (N-methyl/N-ethyl adjacent to an activating group) is 2. The minimum Gasteiger partial charge on any atom is -0.312 e. The van der Waals surface area contributed by atoms with E-state index in [0.717, 1.165) is 5.92 Å². The molecule has 0 radical (unpaired) electrons. The zero-order valence-corrected chi connectivity index (χ0v) is 13.9. The van der Waals surface area contributed by atoms with Crippen molar-refractivity contribution in [2.75, 3.05) is 40.3 Å². The van der Waals surface area contributed by atoms with Gasteiger partial charge in [-0.2, -0.15) is 0 Å². The summed E-state index contributed by atoms with van der Waals surface area (Å²) in [6.45, 7) is 7.13. The van der Waals surface area contributed by atoms with Gasteiger partial charge in [-0.25, -0.2) is 0 Å². The van der Waals surface area contributed by atoms with E-state index in [2.05, 4.69) is 36.1 Å². The van der Waals surface area contributed by atoms with Crippen LogP contribution in [-0.2, 0) is 0 Å². The number of nitrogens with one attached hydrogen (secondary N) is 1. The van der Waals surface area contributed by atoms with Gasteiger partial charge in [0.15, 0.2) is 0 Å². The largest absolute Gasteiger partial charge is 0.312 e. The van der Waals surface area contributed by atoms with Crippen LogP contribution in [0.4, 0.5) is 0 Å². The fourth-order valence-corrected chi connectivity index (χ4v) is 4.03. The van der Waals surface area contributed by atoms with E-state index in [0.29, 0.717) is 12.1 Å². The predicted molar refractivity (Wildman–Crippen MR) is 87.2 cm³/mol. The molecular weight excluding hydrogens is 246 g/mol. The second-order valence-corrected chi connectivity index (χ2v) is 7.04. The van der Waals surface area contributed by atoms with Crippen LogP contribution in [0.25, 0.3) is 0 Å². The summed E-state index contributed by atoms with van der Waals surface area (Å²) in [4.78, 5) is 5.13. The summed E-state index contributed by atoms with van der Waals surface area (Å²) >= 11 is 0. The molecule has 2 rings (SSSR count). The Labute approximate surface area is 126 Å². The Bertz CT molecular complexity index is 261. The van der Waals surface area contributed by atoms with Crippen molar-refractivity contribution in [1.29, 1.82) is 0 Å². The lowest BCUT2D eigenvalue weighted by Gasteiger charge is -2.45. The van der Waals surface area contributed by atoms with Crippen molar-refractivity contribution in [3.05, 3.63) is 0 Å². The topological polar surface area (TPSA) is 18.5 Å². The Morgan fingerprint density at radius 1 is 1.05 bits per heavy atom. The van der Waals surface area contributed by atoms with Gasteiger partial charge >= 0.3 is 0 Å². The summed E-state index contributed by atoms with van der Waals surface area (Å²) in [6, 6.07) is 1.39. The van der Waals surface area contributed by atoms with Crippen molar-refractivity contribution < 1.29 is 0 Å². The summed E-state index contributed by atoms with van der Waals surface area (Å²) in [5.74, 6) is 0.892. The van der Waals surface area contributed by atoms with Gasteiger partial charge in [-0.1, -0.05) is 32.6 Å². The number of hydrogen-bond acceptors (Lipinski definition) is 3. The molecule has 1 saturated carbocycles. The molecule has 3 heteroatoms. The van der Waals surface area contributed by atoms with Crippen LogP contribution in [0.5, 0.6) is 0 Å². The van der Waals surface area contributed by atoms with Crippen molar-refractivity contribution in [3.63, 3.8) is 0 Å². The third-order valence-electron chi connectivity index (χ3n) is 5.35. The molecule has 3 nitrogen and oxygen atoms in total. The number of hydrogen-bond donors (Lipinski definition) is 1. The maximum atomic E-state index is 3.92. The number of piperazine rings is 1. The molecule has 2 unspecified atom stereocenters. The lowest BCUT2D eigenvalue weighted by molar-refractivity contribution is 0.0665. The highest BCUT2D eigenvalue weighted by Gasteiger charge is 2.34. The normalized spacial score (nSPS) is 29.2. The highest BCUT2D eigenvalue weighted by atomic mass is 15.3. The summed E-state index contributed by atoms with van der Waals surface area (Å²) in [7, 11) is 4.61. The summed E-state index contributed by atoms with van der Waals surface area (Å²) in [5.41, 5.74) is 0. The van der Waals surface area contributed by atoms with Crippen LogP contribution in [0, 0.1) is 5.92 Å². The molecule has 1 aliphatic heterocycles. The first-order chi connectivity index (χ1) is 9.72. The fourth-order valence-electron chi connectivity index (χ4n) is 4.03. The van der Waals surface area contributed by atoms with Crippen LogP contribution in [0.3, 0.4) is 0 Å². The lowest BCUT2D eigenvalue weighted by atomic mass is 9.85. The molecule has 118 valence electrons. The first-order valence-electron chi connectivity index (χ1n) is 8.84. The highest BCUT2D eigenvalue weighted by molar-refractivity contribution is 4.93. The molecule has 1 N–H and O–H groups in total. The Morgan fingerprint density at radius 2 is 1.75 bits per heavy atom. The van der Waals surface area contributed by atoms with E-state index in [1.54, 1.807) is 0 Å². The third-order valence-corrected chi connectivity index (χ3v) is 5.35. The van der Waals surface area contributed by atoms with E-state index in [-0.39, 0.29) is 0 Å². The molecule has 0 aromatic carbocycles. The van der Waals surface area contributed by atoms with E-state index in [9.17, 15) is 0 Å². The molecule has 0 aromatic heterocycles. The molecule has 2 aliphatic rings. The molecular formula is C17H35N3. The number of nitrogens with zero attached hydrogens (tertiary/aromatic N) is 2.